The van der Waals surface area contributed by atoms with E-state index in [4.69, 9.17) is 16.3 Å². The van der Waals surface area contributed by atoms with Crippen LogP contribution in [0.3, 0.4) is 0 Å². The molecule has 2 unspecified atom stereocenters. The molecule has 3 rings (SSSR count). The molecular formula is C19H13ClF3NO3S. The van der Waals surface area contributed by atoms with Gasteiger partial charge in [-0.15, -0.1) is 0 Å². The third kappa shape index (κ3) is 3.60. The number of benzene rings is 2. The Morgan fingerprint density at radius 3 is 2.14 bits per heavy atom. The zero-order valence-corrected chi connectivity index (χ0v) is 15.9. The van der Waals surface area contributed by atoms with Crippen molar-refractivity contribution in [3.63, 3.8) is 0 Å². The summed E-state index contributed by atoms with van der Waals surface area (Å²) in [6.07, 6.45) is -6.73. The lowest BCUT2D eigenvalue weighted by Gasteiger charge is -2.17. The highest BCUT2D eigenvalue weighted by Gasteiger charge is 2.53. The molecule has 4 nitrogen and oxygen atoms in total. The van der Waals surface area contributed by atoms with E-state index in [1.807, 2.05) is 0 Å². The Balaban J connectivity index is 2.27. The summed E-state index contributed by atoms with van der Waals surface area (Å²) in [7, 11) is -4.59. The molecule has 2 aromatic rings. The van der Waals surface area contributed by atoms with E-state index in [1.165, 1.54) is 48.5 Å². The van der Waals surface area contributed by atoms with Gasteiger partial charge in [-0.3, -0.25) is 0 Å². The number of aryl methyl sites for hydroxylation is 1. The first-order chi connectivity index (χ1) is 13.1. The Bertz CT molecular complexity index is 1070. The van der Waals surface area contributed by atoms with E-state index in [-0.39, 0.29) is 10.5 Å². The lowest BCUT2D eigenvalue weighted by atomic mass is 9.94. The quantitative estimate of drug-likeness (QED) is 0.698. The molecule has 0 saturated carbocycles. The number of nitriles is 1. The molecule has 1 aliphatic rings. The molecular weight excluding hydrogens is 415 g/mol. The van der Waals surface area contributed by atoms with Crippen molar-refractivity contribution in [2.75, 3.05) is 0 Å². The molecule has 0 spiro atoms. The van der Waals surface area contributed by atoms with Crippen molar-refractivity contribution in [3.8, 4) is 6.07 Å². The summed E-state index contributed by atoms with van der Waals surface area (Å²) in [6.45, 7) is 1.72. The van der Waals surface area contributed by atoms with E-state index in [0.29, 0.717) is 5.02 Å². The number of rotatable bonds is 3. The molecule has 146 valence electrons. The van der Waals surface area contributed by atoms with Gasteiger partial charge in [-0.1, -0.05) is 41.4 Å². The van der Waals surface area contributed by atoms with Gasteiger partial charge in [-0.05, 0) is 36.8 Å². The van der Waals surface area contributed by atoms with Gasteiger partial charge >= 0.3 is 6.18 Å². The second-order valence-electron chi connectivity index (χ2n) is 6.20. The molecule has 2 atom stereocenters. The molecule has 0 radical (unpaired) electrons. The predicted molar refractivity (Wildman–Crippen MR) is 96.1 cm³/mol. The van der Waals surface area contributed by atoms with Crippen LogP contribution in [0.2, 0.25) is 5.02 Å². The first-order valence-electron chi connectivity index (χ1n) is 8.00. The van der Waals surface area contributed by atoms with Crippen LogP contribution >= 0.6 is 11.6 Å². The minimum absolute atomic E-state index is 0.181. The highest BCUT2D eigenvalue weighted by atomic mass is 35.5. The zero-order chi connectivity index (χ0) is 20.7. The fourth-order valence-corrected chi connectivity index (χ4v) is 4.85. The normalized spacial score (nSPS) is 20.0. The van der Waals surface area contributed by atoms with Crippen molar-refractivity contribution in [1.29, 1.82) is 5.26 Å². The van der Waals surface area contributed by atoms with Crippen LogP contribution in [-0.2, 0) is 14.6 Å². The maximum Gasteiger partial charge on any atom is 0.450 e. The van der Waals surface area contributed by atoms with Gasteiger partial charge in [0.1, 0.15) is 11.0 Å². The second kappa shape index (κ2) is 7.15. The second-order valence-corrected chi connectivity index (χ2v) is 8.56. The van der Waals surface area contributed by atoms with Crippen molar-refractivity contribution in [2.24, 2.45) is 0 Å². The van der Waals surface area contributed by atoms with Crippen LogP contribution in [0.4, 0.5) is 13.2 Å². The molecule has 0 aromatic heterocycles. The third-order valence-corrected chi connectivity index (χ3v) is 6.45. The molecule has 0 N–H and O–H groups in total. The zero-order valence-electron chi connectivity index (χ0n) is 14.4. The number of sulfone groups is 1. The van der Waals surface area contributed by atoms with Crippen LogP contribution in [0.25, 0.3) is 0 Å². The van der Waals surface area contributed by atoms with Crippen LogP contribution in [0.1, 0.15) is 17.0 Å². The van der Waals surface area contributed by atoms with Gasteiger partial charge in [0.25, 0.3) is 0 Å². The molecule has 2 aromatic carbocycles. The fraction of sp³-hybridized carbons (Fsp3) is 0.211. The number of nitrogens with zero attached hydrogens (tertiary/aromatic N) is 1. The van der Waals surface area contributed by atoms with Gasteiger partial charge in [-0.2, -0.15) is 18.4 Å². The SMILES string of the molecule is Cc1ccc(S(=O)(=O)C2=C(C(F)(F)F)OC(C#N)C2c2ccc(Cl)cc2)cc1. The van der Waals surface area contributed by atoms with Crippen LogP contribution < -0.4 is 0 Å². The summed E-state index contributed by atoms with van der Waals surface area (Å²) in [5.41, 5.74) is 0.927. The van der Waals surface area contributed by atoms with Crippen molar-refractivity contribution in [1.82, 2.24) is 0 Å². The number of hydrogen-bond acceptors (Lipinski definition) is 4. The number of allylic oxidation sites excluding steroid dienone is 1. The lowest BCUT2D eigenvalue weighted by molar-refractivity contribution is -0.130. The Hall–Kier alpha value is -2.50. The van der Waals surface area contributed by atoms with Gasteiger partial charge < -0.3 is 4.74 Å². The van der Waals surface area contributed by atoms with Crippen molar-refractivity contribution < 1.29 is 26.3 Å². The van der Waals surface area contributed by atoms with E-state index in [1.54, 1.807) is 13.0 Å². The van der Waals surface area contributed by atoms with Crippen molar-refractivity contribution in [3.05, 3.63) is 75.3 Å². The highest BCUT2D eigenvalue weighted by Crippen LogP contribution is 2.48. The summed E-state index contributed by atoms with van der Waals surface area (Å²) in [6, 6.07) is 12.6. The van der Waals surface area contributed by atoms with E-state index in [2.05, 4.69) is 0 Å². The number of ether oxygens (including phenoxy) is 1. The summed E-state index contributed by atoms with van der Waals surface area (Å²) >= 11 is 5.82. The van der Waals surface area contributed by atoms with Gasteiger partial charge in [0.05, 0.1) is 10.8 Å². The highest BCUT2D eigenvalue weighted by molar-refractivity contribution is 7.95. The van der Waals surface area contributed by atoms with Gasteiger partial charge in [0.2, 0.25) is 15.6 Å². The summed E-state index contributed by atoms with van der Waals surface area (Å²) in [5.74, 6) is -3.11. The lowest BCUT2D eigenvalue weighted by Crippen LogP contribution is -2.19. The smallest absolute Gasteiger partial charge is 0.450 e. The van der Waals surface area contributed by atoms with E-state index >= 15 is 0 Å². The average Bonchev–Trinajstić information content (AvgIpc) is 3.03. The number of halogens is 4. The van der Waals surface area contributed by atoms with Gasteiger partial charge in [0, 0.05) is 5.02 Å². The molecule has 0 amide bonds. The maximum atomic E-state index is 13.6. The molecule has 0 bridgehead atoms. The predicted octanol–water partition coefficient (Wildman–Crippen LogP) is 4.90. The third-order valence-electron chi connectivity index (χ3n) is 4.29. The fourth-order valence-electron chi connectivity index (χ4n) is 2.97. The Labute approximate surface area is 164 Å². The van der Waals surface area contributed by atoms with Gasteiger partial charge in [0.15, 0.2) is 6.10 Å². The summed E-state index contributed by atoms with van der Waals surface area (Å²) in [5, 5.41) is 9.66. The van der Waals surface area contributed by atoms with Gasteiger partial charge in [-0.25, -0.2) is 8.42 Å². The monoisotopic (exact) mass is 427 g/mol. The van der Waals surface area contributed by atoms with Crippen LogP contribution in [0.15, 0.2) is 64.1 Å². The Kier molecular flexibility index (Phi) is 5.17. The molecule has 0 aliphatic carbocycles. The Morgan fingerprint density at radius 1 is 1.07 bits per heavy atom. The van der Waals surface area contributed by atoms with Crippen molar-refractivity contribution in [2.45, 2.75) is 30.0 Å². The van der Waals surface area contributed by atoms with Crippen LogP contribution in [0, 0.1) is 18.3 Å². The molecule has 1 heterocycles. The summed E-state index contributed by atoms with van der Waals surface area (Å²) < 4.78 is 71.9. The maximum absolute atomic E-state index is 13.6. The largest absolute Gasteiger partial charge is 0.468 e. The standard InChI is InChI=1S/C19H13ClF3NO3S/c1-11-2-8-14(9-3-11)28(25,26)17-16(12-4-6-13(20)7-5-12)15(10-24)27-18(17)19(21,22)23/h2-9,15-16H,1H3. The first kappa shape index (κ1) is 20.2. The molecule has 0 fully saturated rings. The van der Waals surface area contributed by atoms with Crippen molar-refractivity contribution >= 4 is 21.4 Å². The average molecular weight is 428 g/mol. The topological polar surface area (TPSA) is 67.2 Å². The van der Waals surface area contributed by atoms with E-state index in [0.717, 1.165) is 5.56 Å². The molecule has 28 heavy (non-hydrogen) atoms. The minimum Gasteiger partial charge on any atom is -0.468 e. The van der Waals surface area contributed by atoms with E-state index in [9.17, 15) is 26.9 Å². The summed E-state index contributed by atoms with van der Waals surface area (Å²) in [4.78, 5) is -1.28. The number of alkyl halides is 3. The van der Waals surface area contributed by atoms with Crippen LogP contribution in [-0.4, -0.2) is 20.7 Å². The minimum atomic E-state index is -5.08. The molecule has 0 saturated heterocycles. The van der Waals surface area contributed by atoms with Crippen LogP contribution in [0.5, 0.6) is 0 Å². The molecule has 1 aliphatic heterocycles. The number of hydrogen-bond donors (Lipinski definition) is 0. The van der Waals surface area contributed by atoms with E-state index < -0.39 is 38.7 Å². The first-order valence-corrected chi connectivity index (χ1v) is 9.86. The molecule has 9 heteroatoms. The Morgan fingerprint density at radius 2 is 1.64 bits per heavy atom.